The quantitative estimate of drug-likeness (QED) is 0.510. The largest absolute Gasteiger partial charge is 0.444 e. The lowest BCUT2D eigenvalue weighted by molar-refractivity contribution is 0.0518. The first-order valence-electron chi connectivity index (χ1n) is 10.8. The van der Waals surface area contributed by atoms with Gasteiger partial charge in [-0.2, -0.15) is 0 Å². The molecule has 0 aliphatic heterocycles. The Balaban J connectivity index is 2.04. The first-order valence-corrected chi connectivity index (χ1v) is 12.3. The zero-order chi connectivity index (χ0) is 25.7. The van der Waals surface area contributed by atoms with Gasteiger partial charge in [0.2, 0.25) is 10.0 Å². The zero-order valence-corrected chi connectivity index (χ0v) is 21.0. The van der Waals surface area contributed by atoms with Gasteiger partial charge in [-0.15, -0.1) is 0 Å². The maximum absolute atomic E-state index is 13.4. The minimum Gasteiger partial charge on any atom is -0.444 e. The second kappa shape index (κ2) is 11.0. The lowest BCUT2D eigenvalue weighted by atomic mass is 10.1. The van der Waals surface area contributed by atoms with Crippen molar-refractivity contribution >= 4 is 27.7 Å². The molecule has 0 aromatic heterocycles. The number of hydrogen-bond donors (Lipinski definition) is 3. The fourth-order valence-electron chi connectivity index (χ4n) is 2.89. The molecule has 0 spiro atoms. The number of amides is 2. The smallest absolute Gasteiger partial charge is 0.407 e. The fraction of sp³-hybridized carbons (Fsp3) is 0.417. The van der Waals surface area contributed by atoms with Gasteiger partial charge in [0, 0.05) is 23.8 Å². The van der Waals surface area contributed by atoms with E-state index in [1.54, 1.807) is 41.5 Å². The van der Waals surface area contributed by atoms with Crippen molar-refractivity contribution in [2.75, 3.05) is 11.9 Å². The van der Waals surface area contributed by atoms with Crippen molar-refractivity contribution in [2.45, 2.75) is 58.1 Å². The molecule has 34 heavy (non-hydrogen) atoms. The van der Waals surface area contributed by atoms with Crippen molar-refractivity contribution in [1.29, 1.82) is 0 Å². The number of anilines is 1. The average molecular weight is 494 g/mol. The van der Waals surface area contributed by atoms with E-state index in [-0.39, 0.29) is 28.7 Å². The molecule has 3 N–H and O–H groups in total. The summed E-state index contributed by atoms with van der Waals surface area (Å²) < 4.78 is 47.0. The normalized spacial score (nSPS) is 13.6. The second-order valence-electron chi connectivity index (χ2n) is 9.22. The van der Waals surface area contributed by atoms with Gasteiger partial charge in [-0.25, -0.2) is 22.3 Å². The van der Waals surface area contributed by atoms with Crippen LogP contribution in [0.3, 0.4) is 0 Å². The molecule has 0 heterocycles. The van der Waals surface area contributed by atoms with Crippen LogP contribution in [0.2, 0.25) is 0 Å². The average Bonchev–Trinajstić information content (AvgIpc) is 2.73. The molecule has 2 aromatic rings. The number of halogens is 1. The molecule has 2 unspecified atom stereocenters. The molecule has 0 fully saturated rings. The number of alkyl carbamates (subject to hydrolysis) is 1. The standard InChI is InChI=1S/C24H32FN3O5S/c1-15-12-19(10-11-21(15)25)27-22(29)18-8-7-9-20(13-18)34(31,32)28-17(3)16(2)14-26-23(30)33-24(4,5)6/h7-13,16-17,28H,14H2,1-6H3,(H,26,30)(H,27,29). The van der Waals surface area contributed by atoms with Crippen LogP contribution in [-0.4, -0.2) is 38.6 Å². The van der Waals surface area contributed by atoms with Gasteiger partial charge in [0.15, 0.2) is 0 Å². The molecular weight excluding hydrogens is 461 g/mol. The number of carbonyl (C=O) groups excluding carboxylic acids is 2. The first kappa shape index (κ1) is 27.3. The molecule has 10 heteroatoms. The second-order valence-corrected chi connectivity index (χ2v) is 10.9. The number of benzene rings is 2. The van der Waals surface area contributed by atoms with Crippen molar-refractivity contribution in [3.05, 3.63) is 59.4 Å². The van der Waals surface area contributed by atoms with Gasteiger partial charge in [0.25, 0.3) is 5.91 Å². The molecule has 0 saturated carbocycles. The number of hydrogen-bond acceptors (Lipinski definition) is 5. The van der Waals surface area contributed by atoms with Gasteiger partial charge in [-0.1, -0.05) is 13.0 Å². The third-order valence-corrected chi connectivity index (χ3v) is 6.54. The SMILES string of the molecule is Cc1cc(NC(=O)c2cccc(S(=O)(=O)NC(C)C(C)CNC(=O)OC(C)(C)C)c2)ccc1F. The lowest BCUT2D eigenvalue weighted by Crippen LogP contribution is -2.43. The summed E-state index contributed by atoms with van der Waals surface area (Å²) in [5.74, 6) is -1.15. The summed E-state index contributed by atoms with van der Waals surface area (Å²) in [6.45, 7) is 10.5. The lowest BCUT2D eigenvalue weighted by Gasteiger charge is -2.24. The highest BCUT2D eigenvalue weighted by Gasteiger charge is 2.23. The van der Waals surface area contributed by atoms with Crippen molar-refractivity contribution in [1.82, 2.24) is 10.0 Å². The molecular formula is C24H32FN3O5S. The maximum atomic E-state index is 13.4. The summed E-state index contributed by atoms with van der Waals surface area (Å²) in [6, 6.07) is 9.26. The van der Waals surface area contributed by atoms with E-state index in [1.165, 1.54) is 42.5 Å². The third-order valence-electron chi connectivity index (χ3n) is 4.98. The van der Waals surface area contributed by atoms with Crippen LogP contribution >= 0.6 is 0 Å². The summed E-state index contributed by atoms with van der Waals surface area (Å²) in [5.41, 5.74) is 0.280. The molecule has 0 aliphatic rings. The van der Waals surface area contributed by atoms with Crippen LogP contribution in [0, 0.1) is 18.7 Å². The van der Waals surface area contributed by atoms with Crippen molar-refractivity contribution < 1.29 is 27.1 Å². The van der Waals surface area contributed by atoms with E-state index in [0.29, 0.717) is 11.3 Å². The summed E-state index contributed by atoms with van der Waals surface area (Å²) in [7, 11) is -3.94. The minimum atomic E-state index is -3.94. The highest BCUT2D eigenvalue weighted by molar-refractivity contribution is 7.89. The Kier molecular flexibility index (Phi) is 8.79. The highest BCUT2D eigenvalue weighted by atomic mass is 32.2. The minimum absolute atomic E-state index is 0.0745. The molecule has 8 nitrogen and oxygen atoms in total. The highest BCUT2D eigenvalue weighted by Crippen LogP contribution is 2.18. The summed E-state index contributed by atoms with van der Waals surface area (Å²) in [6.07, 6.45) is -0.579. The predicted molar refractivity (Wildman–Crippen MR) is 129 cm³/mol. The zero-order valence-electron chi connectivity index (χ0n) is 20.2. The Labute approximate surface area is 200 Å². The van der Waals surface area contributed by atoms with E-state index in [2.05, 4.69) is 15.4 Å². The van der Waals surface area contributed by atoms with Gasteiger partial charge in [0.05, 0.1) is 4.90 Å². The number of carbonyl (C=O) groups is 2. The van der Waals surface area contributed by atoms with Gasteiger partial charge in [-0.3, -0.25) is 4.79 Å². The van der Waals surface area contributed by atoms with E-state index in [4.69, 9.17) is 4.74 Å². The van der Waals surface area contributed by atoms with Crippen molar-refractivity contribution in [2.24, 2.45) is 5.92 Å². The van der Waals surface area contributed by atoms with Crippen LogP contribution < -0.4 is 15.4 Å². The third kappa shape index (κ3) is 8.11. The van der Waals surface area contributed by atoms with E-state index in [9.17, 15) is 22.4 Å². The molecule has 0 saturated heterocycles. The summed E-state index contributed by atoms with van der Waals surface area (Å²) in [4.78, 5) is 24.4. The fourth-order valence-corrected chi connectivity index (χ4v) is 4.29. The number of rotatable bonds is 8. The van der Waals surface area contributed by atoms with Crippen LogP contribution in [0.1, 0.15) is 50.5 Å². The Hall–Kier alpha value is -2.98. The predicted octanol–water partition coefficient (Wildman–Crippen LogP) is 4.21. The number of aryl methyl sites for hydroxylation is 1. The summed E-state index contributed by atoms with van der Waals surface area (Å²) >= 11 is 0. The van der Waals surface area contributed by atoms with Gasteiger partial charge in [-0.05, 0) is 82.5 Å². The van der Waals surface area contributed by atoms with Crippen molar-refractivity contribution in [3.8, 4) is 0 Å². The number of nitrogens with one attached hydrogen (secondary N) is 3. The summed E-state index contributed by atoms with van der Waals surface area (Å²) in [5, 5.41) is 5.26. The van der Waals surface area contributed by atoms with Gasteiger partial charge in [0.1, 0.15) is 11.4 Å². The Morgan fingerprint density at radius 1 is 1.09 bits per heavy atom. The Bertz CT molecular complexity index is 1150. The molecule has 0 aliphatic carbocycles. The first-order chi connectivity index (χ1) is 15.7. The molecule has 2 amide bonds. The van der Waals surface area contributed by atoms with Crippen LogP contribution in [0.25, 0.3) is 0 Å². The molecule has 0 bridgehead atoms. The number of ether oxygens (including phenoxy) is 1. The topological polar surface area (TPSA) is 114 Å². The van der Waals surface area contributed by atoms with Gasteiger partial charge >= 0.3 is 6.09 Å². The van der Waals surface area contributed by atoms with E-state index < -0.39 is 33.7 Å². The maximum Gasteiger partial charge on any atom is 0.407 e. The Morgan fingerprint density at radius 3 is 2.38 bits per heavy atom. The molecule has 0 radical (unpaired) electrons. The van der Waals surface area contributed by atoms with E-state index in [1.807, 2.05) is 0 Å². The van der Waals surface area contributed by atoms with Gasteiger partial charge < -0.3 is 15.4 Å². The van der Waals surface area contributed by atoms with Crippen LogP contribution in [0.5, 0.6) is 0 Å². The monoisotopic (exact) mass is 493 g/mol. The molecule has 2 atom stereocenters. The van der Waals surface area contributed by atoms with E-state index >= 15 is 0 Å². The molecule has 186 valence electrons. The van der Waals surface area contributed by atoms with Crippen LogP contribution in [0.4, 0.5) is 14.9 Å². The van der Waals surface area contributed by atoms with E-state index in [0.717, 1.165) is 0 Å². The van der Waals surface area contributed by atoms with Crippen LogP contribution in [0.15, 0.2) is 47.4 Å². The molecule has 2 aromatic carbocycles. The molecule has 2 rings (SSSR count). The van der Waals surface area contributed by atoms with Crippen LogP contribution in [-0.2, 0) is 14.8 Å². The van der Waals surface area contributed by atoms with Crippen molar-refractivity contribution in [3.63, 3.8) is 0 Å². The Morgan fingerprint density at radius 2 is 1.76 bits per heavy atom. The number of sulfonamides is 1.